The van der Waals surface area contributed by atoms with E-state index in [1.54, 1.807) is 18.2 Å². The molecule has 0 bridgehead atoms. The lowest BCUT2D eigenvalue weighted by Crippen LogP contribution is -2.07. The quantitative estimate of drug-likeness (QED) is 0.529. The Morgan fingerprint density at radius 3 is 2.22 bits per heavy atom. The number of rotatable bonds is 4. The molecule has 0 aliphatic rings. The molecule has 2 N–H and O–H groups in total. The number of benzene rings is 3. The third-order valence-corrected chi connectivity index (χ3v) is 3.57. The van der Waals surface area contributed by atoms with Crippen molar-refractivity contribution in [2.45, 2.75) is 0 Å². The standard InChI is InChI=1S/C19H15ClN2O/c20-15-11-12-18(23)17(13-15)19(14-7-3-1-4-8-14)22-21-16-9-5-2-6-10-16/h1-13,21,23H. The van der Waals surface area contributed by atoms with Crippen LogP contribution in [-0.2, 0) is 0 Å². The van der Waals surface area contributed by atoms with Gasteiger partial charge in [0.2, 0.25) is 0 Å². The van der Waals surface area contributed by atoms with E-state index in [4.69, 9.17) is 11.6 Å². The van der Waals surface area contributed by atoms with Crippen molar-refractivity contribution in [2.75, 3.05) is 5.43 Å². The number of phenolic OH excluding ortho intramolecular Hbond substituents is 1. The Morgan fingerprint density at radius 2 is 1.52 bits per heavy atom. The highest BCUT2D eigenvalue weighted by molar-refractivity contribution is 6.31. The SMILES string of the molecule is Oc1ccc(Cl)cc1C(=NNc1ccccc1)c1ccccc1. The highest BCUT2D eigenvalue weighted by atomic mass is 35.5. The first-order valence-electron chi connectivity index (χ1n) is 7.17. The maximum absolute atomic E-state index is 10.2. The van der Waals surface area contributed by atoms with E-state index in [0.717, 1.165) is 11.3 Å². The summed E-state index contributed by atoms with van der Waals surface area (Å²) < 4.78 is 0. The zero-order valence-electron chi connectivity index (χ0n) is 12.3. The van der Waals surface area contributed by atoms with E-state index in [2.05, 4.69) is 10.5 Å². The molecule has 0 heterocycles. The number of nitrogens with zero attached hydrogens (tertiary/aromatic N) is 1. The molecule has 0 saturated carbocycles. The topological polar surface area (TPSA) is 44.6 Å². The van der Waals surface area contributed by atoms with E-state index < -0.39 is 0 Å². The van der Waals surface area contributed by atoms with Crippen LogP contribution in [0.4, 0.5) is 5.69 Å². The van der Waals surface area contributed by atoms with Crippen molar-refractivity contribution in [3.8, 4) is 5.75 Å². The summed E-state index contributed by atoms with van der Waals surface area (Å²) in [5.74, 6) is 0.131. The third kappa shape index (κ3) is 3.71. The molecule has 0 radical (unpaired) electrons. The van der Waals surface area contributed by atoms with Crippen molar-refractivity contribution in [1.29, 1.82) is 0 Å². The number of hydrogen-bond acceptors (Lipinski definition) is 3. The Balaban J connectivity index is 2.05. The summed E-state index contributed by atoms with van der Waals surface area (Å²) >= 11 is 6.08. The lowest BCUT2D eigenvalue weighted by atomic mass is 10.0. The van der Waals surface area contributed by atoms with E-state index >= 15 is 0 Å². The molecule has 3 rings (SSSR count). The fraction of sp³-hybridized carbons (Fsp3) is 0. The van der Waals surface area contributed by atoms with Crippen molar-refractivity contribution in [2.24, 2.45) is 5.10 Å². The Morgan fingerprint density at radius 1 is 0.870 bits per heavy atom. The average molecular weight is 323 g/mol. The van der Waals surface area contributed by atoms with Crippen LogP contribution >= 0.6 is 11.6 Å². The maximum atomic E-state index is 10.2. The van der Waals surface area contributed by atoms with Crippen LogP contribution in [0.2, 0.25) is 5.02 Å². The molecule has 0 aliphatic carbocycles. The van der Waals surface area contributed by atoms with Gasteiger partial charge in [-0.15, -0.1) is 0 Å². The summed E-state index contributed by atoms with van der Waals surface area (Å²) in [5, 5.41) is 15.2. The number of phenols is 1. The van der Waals surface area contributed by atoms with Gasteiger partial charge in [0.05, 0.1) is 5.69 Å². The predicted octanol–water partition coefficient (Wildman–Crippen LogP) is 4.91. The van der Waals surface area contributed by atoms with Crippen molar-refractivity contribution in [3.05, 3.63) is 95.0 Å². The van der Waals surface area contributed by atoms with Crippen LogP contribution in [-0.4, -0.2) is 10.8 Å². The van der Waals surface area contributed by atoms with E-state index in [1.165, 1.54) is 0 Å². The van der Waals surface area contributed by atoms with Crippen LogP contribution in [0.25, 0.3) is 0 Å². The van der Waals surface area contributed by atoms with Gasteiger partial charge in [-0.1, -0.05) is 60.1 Å². The van der Waals surface area contributed by atoms with Crippen molar-refractivity contribution in [3.63, 3.8) is 0 Å². The van der Waals surface area contributed by atoms with Crippen LogP contribution in [0.1, 0.15) is 11.1 Å². The molecule has 114 valence electrons. The zero-order chi connectivity index (χ0) is 16.1. The van der Waals surface area contributed by atoms with Gasteiger partial charge in [0.15, 0.2) is 0 Å². The molecule has 3 nitrogen and oxygen atoms in total. The van der Waals surface area contributed by atoms with E-state index in [1.807, 2.05) is 60.7 Å². The molecular formula is C19H15ClN2O. The summed E-state index contributed by atoms with van der Waals surface area (Å²) in [4.78, 5) is 0. The Hall–Kier alpha value is -2.78. The number of halogens is 1. The minimum absolute atomic E-state index is 0.131. The van der Waals surface area contributed by atoms with E-state index in [0.29, 0.717) is 16.3 Å². The van der Waals surface area contributed by atoms with Gasteiger partial charge in [0.25, 0.3) is 0 Å². The molecule has 3 aromatic rings. The second-order valence-electron chi connectivity index (χ2n) is 4.97. The second kappa shape index (κ2) is 6.99. The molecule has 0 unspecified atom stereocenters. The second-order valence-corrected chi connectivity index (χ2v) is 5.40. The zero-order valence-corrected chi connectivity index (χ0v) is 13.0. The van der Waals surface area contributed by atoms with Crippen LogP contribution in [0.3, 0.4) is 0 Å². The van der Waals surface area contributed by atoms with Crippen LogP contribution in [0.5, 0.6) is 5.75 Å². The van der Waals surface area contributed by atoms with Crippen LogP contribution < -0.4 is 5.43 Å². The minimum atomic E-state index is 0.131. The minimum Gasteiger partial charge on any atom is -0.507 e. The summed E-state index contributed by atoms with van der Waals surface area (Å²) in [6.45, 7) is 0. The van der Waals surface area contributed by atoms with Crippen molar-refractivity contribution in [1.82, 2.24) is 0 Å². The number of para-hydroxylation sites is 1. The predicted molar refractivity (Wildman–Crippen MR) is 95.3 cm³/mol. The lowest BCUT2D eigenvalue weighted by molar-refractivity contribution is 0.474. The van der Waals surface area contributed by atoms with Gasteiger partial charge in [-0.3, -0.25) is 5.43 Å². The first kappa shape index (κ1) is 15.1. The van der Waals surface area contributed by atoms with Gasteiger partial charge in [-0.25, -0.2) is 0 Å². The Kier molecular flexibility index (Phi) is 4.60. The summed E-state index contributed by atoms with van der Waals surface area (Å²) in [6, 6.07) is 24.2. The first-order valence-corrected chi connectivity index (χ1v) is 7.55. The van der Waals surface area contributed by atoms with Gasteiger partial charge >= 0.3 is 0 Å². The Labute approximate surface area is 139 Å². The number of aromatic hydroxyl groups is 1. The summed E-state index contributed by atoms with van der Waals surface area (Å²) in [5.41, 5.74) is 5.96. The summed E-state index contributed by atoms with van der Waals surface area (Å²) in [7, 11) is 0. The number of nitrogens with one attached hydrogen (secondary N) is 1. The third-order valence-electron chi connectivity index (χ3n) is 3.33. The largest absolute Gasteiger partial charge is 0.507 e. The molecule has 0 saturated heterocycles. The molecule has 23 heavy (non-hydrogen) atoms. The van der Waals surface area contributed by atoms with Crippen LogP contribution in [0.15, 0.2) is 84.0 Å². The van der Waals surface area contributed by atoms with Crippen LogP contribution in [0, 0.1) is 0 Å². The first-order chi connectivity index (χ1) is 11.2. The molecule has 0 fully saturated rings. The molecular weight excluding hydrogens is 308 g/mol. The van der Waals surface area contributed by atoms with Gasteiger partial charge in [0.1, 0.15) is 11.5 Å². The lowest BCUT2D eigenvalue weighted by Gasteiger charge is -2.10. The smallest absolute Gasteiger partial charge is 0.125 e. The monoisotopic (exact) mass is 322 g/mol. The number of hydrazone groups is 1. The summed E-state index contributed by atoms with van der Waals surface area (Å²) in [6.07, 6.45) is 0. The molecule has 0 atom stereocenters. The van der Waals surface area contributed by atoms with Gasteiger partial charge in [-0.05, 0) is 30.3 Å². The number of anilines is 1. The molecule has 0 aromatic heterocycles. The highest BCUT2D eigenvalue weighted by Crippen LogP contribution is 2.25. The van der Waals surface area contributed by atoms with Crippen molar-refractivity contribution >= 4 is 23.0 Å². The molecule has 0 spiro atoms. The van der Waals surface area contributed by atoms with Gasteiger partial charge in [0, 0.05) is 16.1 Å². The fourth-order valence-corrected chi connectivity index (χ4v) is 2.38. The van der Waals surface area contributed by atoms with E-state index in [9.17, 15) is 5.11 Å². The number of hydrogen-bond donors (Lipinski definition) is 2. The molecule has 0 amide bonds. The van der Waals surface area contributed by atoms with E-state index in [-0.39, 0.29) is 5.75 Å². The average Bonchev–Trinajstić information content (AvgIpc) is 2.60. The fourth-order valence-electron chi connectivity index (χ4n) is 2.21. The van der Waals surface area contributed by atoms with Crippen molar-refractivity contribution < 1.29 is 5.11 Å². The normalized spacial score (nSPS) is 11.3. The van der Waals surface area contributed by atoms with Gasteiger partial charge < -0.3 is 5.11 Å². The molecule has 0 aliphatic heterocycles. The van der Waals surface area contributed by atoms with Gasteiger partial charge in [-0.2, -0.15) is 5.10 Å². The highest BCUT2D eigenvalue weighted by Gasteiger charge is 2.12. The maximum Gasteiger partial charge on any atom is 0.125 e. The Bertz CT molecular complexity index is 817. The molecule has 4 heteroatoms. The molecule has 3 aromatic carbocycles.